The molecule has 0 heterocycles. The SMILES string of the molecule is CCOc1cc(OC2CCc3c(C)cccc32)ccc1CN[C@@](C)(CO)C(=O)O. The average molecular weight is 399 g/mol. The summed E-state index contributed by atoms with van der Waals surface area (Å²) in [6, 6.07) is 11.9. The molecule has 0 saturated carbocycles. The number of aliphatic carboxylic acids is 1. The third-order valence-corrected chi connectivity index (χ3v) is 5.52. The zero-order valence-corrected chi connectivity index (χ0v) is 17.2. The predicted molar refractivity (Wildman–Crippen MR) is 110 cm³/mol. The Morgan fingerprint density at radius 3 is 2.79 bits per heavy atom. The van der Waals surface area contributed by atoms with Crippen molar-refractivity contribution in [1.82, 2.24) is 5.32 Å². The highest BCUT2D eigenvalue weighted by molar-refractivity contribution is 5.78. The smallest absolute Gasteiger partial charge is 0.326 e. The molecule has 6 nitrogen and oxygen atoms in total. The van der Waals surface area contributed by atoms with Crippen molar-refractivity contribution in [2.24, 2.45) is 0 Å². The van der Waals surface area contributed by atoms with E-state index in [9.17, 15) is 15.0 Å². The van der Waals surface area contributed by atoms with Crippen molar-refractivity contribution in [3.63, 3.8) is 0 Å². The molecule has 0 radical (unpaired) electrons. The van der Waals surface area contributed by atoms with Gasteiger partial charge in [-0.05, 0) is 56.4 Å². The number of ether oxygens (including phenoxy) is 2. The molecule has 29 heavy (non-hydrogen) atoms. The second-order valence-electron chi connectivity index (χ2n) is 7.64. The highest BCUT2D eigenvalue weighted by atomic mass is 16.5. The third-order valence-electron chi connectivity index (χ3n) is 5.52. The largest absolute Gasteiger partial charge is 0.493 e. The van der Waals surface area contributed by atoms with Crippen LogP contribution in [0.2, 0.25) is 0 Å². The Morgan fingerprint density at radius 2 is 2.10 bits per heavy atom. The Balaban J connectivity index is 1.77. The molecule has 1 unspecified atom stereocenters. The number of carboxylic acids is 1. The number of aliphatic hydroxyl groups is 1. The number of hydrogen-bond acceptors (Lipinski definition) is 5. The Morgan fingerprint density at radius 1 is 1.31 bits per heavy atom. The van der Waals surface area contributed by atoms with Crippen molar-refractivity contribution < 1.29 is 24.5 Å². The van der Waals surface area contributed by atoms with E-state index in [0.29, 0.717) is 12.4 Å². The Labute approximate surface area is 171 Å². The van der Waals surface area contributed by atoms with Gasteiger partial charge in [0.2, 0.25) is 0 Å². The van der Waals surface area contributed by atoms with E-state index in [1.807, 2.05) is 25.1 Å². The molecule has 156 valence electrons. The van der Waals surface area contributed by atoms with Gasteiger partial charge >= 0.3 is 5.97 Å². The fraction of sp³-hybridized carbons (Fsp3) is 0.435. The molecule has 1 aliphatic carbocycles. The fourth-order valence-corrected chi connectivity index (χ4v) is 3.62. The predicted octanol–water partition coefficient (Wildman–Crippen LogP) is 3.39. The molecule has 3 N–H and O–H groups in total. The standard InChI is InChI=1S/C23H29NO5/c1-4-28-21-12-17(9-8-16(21)13-24-23(3,14-25)22(26)27)29-20-11-10-18-15(2)6-5-7-19(18)20/h5-9,12,20,24-25H,4,10-11,13-14H2,1-3H3,(H,26,27)/t20?,23-/m0/s1. The Hall–Kier alpha value is -2.57. The summed E-state index contributed by atoms with van der Waals surface area (Å²) in [5, 5.41) is 21.6. The molecule has 6 heteroatoms. The summed E-state index contributed by atoms with van der Waals surface area (Å²) in [6.07, 6.45) is 1.98. The van der Waals surface area contributed by atoms with Crippen molar-refractivity contribution in [1.29, 1.82) is 0 Å². The number of rotatable bonds is 9. The summed E-state index contributed by atoms with van der Waals surface area (Å²) in [5.74, 6) is 0.262. The Bertz CT molecular complexity index is 882. The molecule has 2 aromatic rings. The maximum atomic E-state index is 11.4. The van der Waals surface area contributed by atoms with Gasteiger partial charge in [0.05, 0.1) is 13.2 Å². The average Bonchev–Trinajstić information content (AvgIpc) is 3.11. The first-order valence-electron chi connectivity index (χ1n) is 9.98. The molecular formula is C23H29NO5. The van der Waals surface area contributed by atoms with Crippen molar-refractivity contribution in [3.05, 3.63) is 58.7 Å². The lowest BCUT2D eigenvalue weighted by atomic mass is 10.0. The van der Waals surface area contributed by atoms with Crippen LogP contribution in [0.3, 0.4) is 0 Å². The first kappa shape index (κ1) is 21.1. The lowest BCUT2D eigenvalue weighted by molar-refractivity contribution is -0.145. The normalized spacial score (nSPS) is 17.4. The minimum Gasteiger partial charge on any atom is -0.493 e. The van der Waals surface area contributed by atoms with Crippen LogP contribution in [0.4, 0.5) is 0 Å². The van der Waals surface area contributed by atoms with E-state index in [4.69, 9.17) is 9.47 Å². The van der Waals surface area contributed by atoms with Crippen molar-refractivity contribution >= 4 is 5.97 Å². The van der Waals surface area contributed by atoms with Gasteiger partial charge in [0.1, 0.15) is 23.1 Å². The van der Waals surface area contributed by atoms with Crippen molar-refractivity contribution in [2.45, 2.75) is 51.8 Å². The van der Waals surface area contributed by atoms with Gasteiger partial charge in [-0.15, -0.1) is 0 Å². The van der Waals surface area contributed by atoms with E-state index in [-0.39, 0.29) is 12.6 Å². The van der Waals surface area contributed by atoms with E-state index < -0.39 is 18.1 Å². The number of aliphatic hydroxyl groups excluding tert-OH is 1. The molecule has 0 spiro atoms. The summed E-state index contributed by atoms with van der Waals surface area (Å²) in [7, 11) is 0. The minimum atomic E-state index is -1.41. The summed E-state index contributed by atoms with van der Waals surface area (Å²) in [4.78, 5) is 11.4. The second kappa shape index (κ2) is 8.84. The third kappa shape index (κ3) is 4.54. The number of carboxylic acid groups (broad SMARTS) is 1. The van der Waals surface area contributed by atoms with Crippen LogP contribution in [0.25, 0.3) is 0 Å². The van der Waals surface area contributed by atoms with Crippen LogP contribution < -0.4 is 14.8 Å². The molecular weight excluding hydrogens is 370 g/mol. The monoisotopic (exact) mass is 399 g/mol. The molecule has 0 aromatic heterocycles. The van der Waals surface area contributed by atoms with Crippen LogP contribution in [-0.2, 0) is 17.8 Å². The van der Waals surface area contributed by atoms with E-state index in [1.54, 1.807) is 0 Å². The van der Waals surface area contributed by atoms with Crippen LogP contribution in [0.5, 0.6) is 11.5 Å². The van der Waals surface area contributed by atoms with Crippen LogP contribution in [0.1, 0.15) is 48.6 Å². The summed E-state index contributed by atoms with van der Waals surface area (Å²) < 4.78 is 12.0. The molecule has 0 aliphatic heterocycles. The molecule has 0 amide bonds. The van der Waals surface area contributed by atoms with E-state index in [2.05, 4.69) is 30.4 Å². The maximum Gasteiger partial charge on any atom is 0.326 e. The van der Waals surface area contributed by atoms with Gasteiger partial charge in [0, 0.05) is 18.2 Å². The second-order valence-corrected chi connectivity index (χ2v) is 7.64. The lowest BCUT2D eigenvalue weighted by Gasteiger charge is -2.24. The van der Waals surface area contributed by atoms with Crippen LogP contribution >= 0.6 is 0 Å². The summed E-state index contributed by atoms with van der Waals surface area (Å²) in [6.45, 7) is 5.71. The molecule has 2 atom stereocenters. The minimum absolute atomic E-state index is 0.0213. The maximum absolute atomic E-state index is 11.4. The summed E-state index contributed by atoms with van der Waals surface area (Å²) >= 11 is 0. The molecule has 0 saturated heterocycles. The van der Waals surface area contributed by atoms with Gasteiger partial charge in [-0.2, -0.15) is 0 Å². The van der Waals surface area contributed by atoms with Crippen molar-refractivity contribution in [3.8, 4) is 11.5 Å². The van der Waals surface area contributed by atoms with Gasteiger partial charge in [0.15, 0.2) is 0 Å². The van der Waals surface area contributed by atoms with Gasteiger partial charge < -0.3 is 19.7 Å². The number of benzene rings is 2. The van der Waals surface area contributed by atoms with Gasteiger partial charge in [-0.1, -0.05) is 24.3 Å². The first-order valence-corrected chi connectivity index (χ1v) is 9.98. The van der Waals surface area contributed by atoms with Crippen LogP contribution in [0.15, 0.2) is 36.4 Å². The zero-order valence-electron chi connectivity index (χ0n) is 17.2. The fourth-order valence-electron chi connectivity index (χ4n) is 3.62. The van der Waals surface area contributed by atoms with Crippen LogP contribution in [0, 0.1) is 6.92 Å². The molecule has 2 aromatic carbocycles. The number of nitrogens with one attached hydrogen (secondary N) is 1. The number of aryl methyl sites for hydroxylation is 1. The highest BCUT2D eigenvalue weighted by Gasteiger charge is 2.32. The number of carbonyl (C=O) groups is 1. The highest BCUT2D eigenvalue weighted by Crippen LogP contribution is 2.37. The van der Waals surface area contributed by atoms with Crippen molar-refractivity contribution in [2.75, 3.05) is 13.2 Å². The quantitative estimate of drug-likeness (QED) is 0.599. The molecule has 1 aliphatic rings. The Kier molecular flexibility index (Phi) is 6.45. The zero-order chi connectivity index (χ0) is 21.0. The van der Waals surface area contributed by atoms with E-state index in [0.717, 1.165) is 24.2 Å². The number of hydrogen-bond donors (Lipinski definition) is 3. The van der Waals surface area contributed by atoms with Crippen LogP contribution in [-0.4, -0.2) is 34.9 Å². The number of fused-ring (bicyclic) bond motifs is 1. The first-order chi connectivity index (χ1) is 13.9. The topological polar surface area (TPSA) is 88.0 Å². The van der Waals surface area contributed by atoms with Gasteiger partial charge in [-0.3, -0.25) is 10.1 Å². The lowest BCUT2D eigenvalue weighted by Crippen LogP contribution is -2.52. The van der Waals surface area contributed by atoms with Gasteiger partial charge in [-0.25, -0.2) is 0 Å². The molecule has 3 rings (SSSR count). The molecule has 0 bridgehead atoms. The molecule has 0 fully saturated rings. The van der Waals surface area contributed by atoms with E-state index in [1.165, 1.54) is 23.6 Å². The van der Waals surface area contributed by atoms with E-state index >= 15 is 0 Å². The van der Waals surface area contributed by atoms with Gasteiger partial charge in [0.25, 0.3) is 0 Å². The summed E-state index contributed by atoms with van der Waals surface area (Å²) in [5.41, 5.74) is 3.32.